The summed E-state index contributed by atoms with van der Waals surface area (Å²) in [4.78, 5) is 53.8. The van der Waals surface area contributed by atoms with Crippen molar-refractivity contribution in [2.75, 3.05) is 13.2 Å². The van der Waals surface area contributed by atoms with Gasteiger partial charge in [-0.3, -0.25) is 18.9 Å². The van der Waals surface area contributed by atoms with Crippen molar-refractivity contribution in [2.24, 2.45) is 0 Å². The highest BCUT2D eigenvalue weighted by Crippen LogP contribution is 2.48. The van der Waals surface area contributed by atoms with Crippen LogP contribution >= 0.6 is 7.37 Å². The molecule has 0 spiro atoms. The Bertz CT molecular complexity index is 1900. The molecule has 2 aromatic rings. The minimum Gasteiger partial charge on any atom is -0.480 e. The third-order valence-corrected chi connectivity index (χ3v) is 17.2. The van der Waals surface area contributed by atoms with Crippen LogP contribution in [0.5, 0.6) is 0 Å². The Morgan fingerprint density at radius 2 is 1.05 bits per heavy atom. The maximum absolute atomic E-state index is 16.0. The van der Waals surface area contributed by atoms with E-state index in [2.05, 4.69) is 26.1 Å². The number of aliphatic carboxylic acids is 1. The second-order valence-electron chi connectivity index (χ2n) is 21.5. The van der Waals surface area contributed by atoms with Crippen molar-refractivity contribution in [1.82, 2.24) is 5.32 Å². The topological polar surface area (TPSA) is 184 Å². The summed E-state index contributed by atoms with van der Waals surface area (Å²) in [6, 6.07) is 14.4. The summed E-state index contributed by atoms with van der Waals surface area (Å²) in [7, 11) is -4.26. The molecule has 6 atom stereocenters. The van der Waals surface area contributed by atoms with E-state index in [-0.39, 0.29) is 23.5 Å². The standard InChI is InChI=1S/C62H100F2NO12P/c1-4-7-10-13-16-19-21-23-26-29-38-45-55(69)74-50(40-33-28-25-22-18-15-12-9-6-3)47-56(70)76-59-57(65-61(71)62(63,64)46-39-30-27-24-20-17-14-11-8-5-2)60(73-49-54(67)68)75-53(48-66)58(59)77-78(72,51-41-34-31-35-42-51)52-43-36-32-37-44-52/h31-32,34-37,41-44,50,53,57-60,66H,4-30,33,38-40,45-49H2,1-3H3,(H,65,71)(H,67,68)/t50-,53-,57-,58-,59-,60+/m1/s1. The number of carbonyl (C=O) groups is 4. The van der Waals surface area contributed by atoms with E-state index in [1.807, 2.05) is 0 Å². The van der Waals surface area contributed by atoms with Crippen molar-refractivity contribution in [3.8, 4) is 0 Å². The molecule has 13 nitrogen and oxygen atoms in total. The predicted octanol–water partition coefficient (Wildman–Crippen LogP) is 14.4. The van der Waals surface area contributed by atoms with Crippen molar-refractivity contribution in [3.63, 3.8) is 0 Å². The van der Waals surface area contributed by atoms with Crippen LogP contribution in [0.15, 0.2) is 60.7 Å². The Labute approximate surface area is 467 Å². The number of halogens is 2. The normalized spacial score (nSPS) is 18.1. The van der Waals surface area contributed by atoms with E-state index in [1.165, 1.54) is 70.6 Å². The Kier molecular flexibility index (Phi) is 36.3. The maximum atomic E-state index is 16.0. The number of carboxylic acid groups (broad SMARTS) is 1. The summed E-state index contributed by atoms with van der Waals surface area (Å²) in [5.41, 5.74) is 0. The maximum Gasteiger partial charge on any atom is 0.329 e. The lowest BCUT2D eigenvalue weighted by atomic mass is 9.95. The van der Waals surface area contributed by atoms with Gasteiger partial charge >= 0.3 is 23.8 Å². The van der Waals surface area contributed by atoms with Gasteiger partial charge in [0.15, 0.2) is 12.4 Å². The van der Waals surface area contributed by atoms with E-state index in [1.54, 1.807) is 60.7 Å². The van der Waals surface area contributed by atoms with Crippen LogP contribution in [-0.2, 0) is 47.2 Å². The lowest BCUT2D eigenvalue weighted by molar-refractivity contribution is -0.269. The number of unbranched alkanes of at least 4 members (excludes halogenated alkanes) is 27. The summed E-state index contributed by atoms with van der Waals surface area (Å²) in [6.45, 7) is 4.64. The second kappa shape index (κ2) is 41.3. The highest BCUT2D eigenvalue weighted by Gasteiger charge is 2.54. The first-order valence-electron chi connectivity index (χ1n) is 30.4. The Hall–Kier alpha value is -3.75. The summed E-state index contributed by atoms with van der Waals surface area (Å²) in [5.74, 6) is -8.60. The van der Waals surface area contributed by atoms with Crippen molar-refractivity contribution in [3.05, 3.63) is 60.7 Å². The number of nitrogens with one attached hydrogen (secondary N) is 1. The largest absolute Gasteiger partial charge is 0.480 e. The van der Waals surface area contributed by atoms with Crippen LogP contribution in [0.25, 0.3) is 0 Å². The molecule has 1 aliphatic heterocycles. The average Bonchev–Trinajstić information content (AvgIpc) is 3.48. The molecule has 0 aromatic heterocycles. The van der Waals surface area contributed by atoms with Gasteiger partial charge in [0.05, 0.1) is 13.0 Å². The lowest BCUT2D eigenvalue weighted by Gasteiger charge is -2.46. The molecule has 0 radical (unpaired) electrons. The number of hydrogen-bond donors (Lipinski definition) is 3. The average molecular weight is 1120 g/mol. The van der Waals surface area contributed by atoms with E-state index in [0.717, 1.165) is 96.3 Å². The Morgan fingerprint density at radius 3 is 1.50 bits per heavy atom. The van der Waals surface area contributed by atoms with Crippen LogP contribution < -0.4 is 15.9 Å². The number of rotatable bonds is 47. The molecule has 0 unspecified atom stereocenters. The fourth-order valence-electron chi connectivity index (χ4n) is 10.1. The number of benzene rings is 2. The SMILES string of the molecule is CCCCCCCCCCCCCC(=O)O[C@H](CCCCCCCCCCC)CC(=O)O[C@@H]1[C@@H](NC(=O)C(F)(F)CCCCCCCCCCCC)[C@@H](OCC(=O)O)O[C@H](CO)[C@H]1OP(=O)(c1ccccc1)c1ccccc1. The van der Waals surface area contributed by atoms with E-state index >= 15 is 13.3 Å². The van der Waals surface area contributed by atoms with Crippen molar-refractivity contribution in [1.29, 1.82) is 0 Å². The van der Waals surface area contributed by atoms with Gasteiger partial charge < -0.3 is 39.0 Å². The third kappa shape index (κ3) is 27.6. The van der Waals surface area contributed by atoms with Gasteiger partial charge in [-0.05, 0) is 49.9 Å². The molecule has 1 fully saturated rings. The molecule has 1 saturated heterocycles. The number of carbonyl (C=O) groups excluding carboxylic acids is 3. The monoisotopic (exact) mass is 1120 g/mol. The molecule has 3 N–H and O–H groups in total. The van der Waals surface area contributed by atoms with E-state index in [9.17, 15) is 29.4 Å². The molecule has 78 heavy (non-hydrogen) atoms. The van der Waals surface area contributed by atoms with Crippen LogP contribution in [0.2, 0.25) is 0 Å². The Balaban J connectivity index is 1.94. The molecule has 1 heterocycles. The second-order valence-corrected chi connectivity index (χ2v) is 23.9. The smallest absolute Gasteiger partial charge is 0.329 e. The van der Waals surface area contributed by atoms with Crippen molar-refractivity contribution >= 4 is 41.8 Å². The van der Waals surface area contributed by atoms with E-state index < -0.39 is 99.9 Å². The summed E-state index contributed by atoms with van der Waals surface area (Å²) < 4.78 is 78.0. The zero-order valence-electron chi connectivity index (χ0n) is 47.9. The first-order chi connectivity index (χ1) is 37.8. The molecule has 3 rings (SSSR count). The molecule has 444 valence electrons. The van der Waals surface area contributed by atoms with Gasteiger partial charge in [0.25, 0.3) is 13.3 Å². The first kappa shape index (κ1) is 68.5. The third-order valence-electron chi connectivity index (χ3n) is 14.7. The first-order valence-corrected chi connectivity index (χ1v) is 32.0. The van der Waals surface area contributed by atoms with Gasteiger partial charge in [0.1, 0.15) is 31.0 Å². The molecular formula is C62H100F2NO12P. The minimum atomic E-state index is -4.26. The summed E-state index contributed by atoms with van der Waals surface area (Å²) in [6.07, 6.45) is 21.7. The predicted molar refractivity (Wildman–Crippen MR) is 305 cm³/mol. The molecule has 0 saturated carbocycles. The van der Waals surface area contributed by atoms with Crippen molar-refractivity contribution < 1.29 is 66.2 Å². The van der Waals surface area contributed by atoms with Gasteiger partial charge in [0.2, 0.25) is 0 Å². The van der Waals surface area contributed by atoms with Gasteiger partial charge in [0, 0.05) is 23.5 Å². The molecule has 2 aromatic carbocycles. The van der Waals surface area contributed by atoms with Crippen LogP contribution in [0.3, 0.4) is 0 Å². The number of carboxylic acids is 1. The van der Waals surface area contributed by atoms with Gasteiger partial charge in [-0.15, -0.1) is 0 Å². The number of alkyl halides is 2. The molecule has 16 heteroatoms. The van der Waals surface area contributed by atoms with Crippen LogP contribution in [0, 0.1) is 0 Å². The van der Waals surface area contributed by atoms with E-state index in [0.29, 0.717) is 25.7 Å². The summed E-state index contributed by atoms with van der Waals surface area (Å²) in [5, 5.41) is 23.3. The van der Waals surface area contributed by atoms with Crippen LogP contribution in [0.1, 0.15) is 239 Å². The number of amides is 1. The Morgan fingerprint density at radius 1 is 0.615 bits per heavy atom. The quantitative estimate of drug-likeness (QED) is 0.0324. The minimum absolute atomic E-state index is 0.0444. The number of hydrogen-bond acceptors (Lipinski definition) is 11. The molecule has 0 bridgehead atoms. The zero-order chi connectivity index (χ0) is 56.7. The molecule has 0 aliphatic carbocycles. The number of esters is 2. The molecule has 1 amide bonds. The number of aliphatic hydroxyl groups is 1. The van der Waals surface area contributed by atoms with Crippen molar-refractivity contribution in [2.45, 2.75) is 282 Å². The summed E-state index contributed by atoms with van der Waals surface area (Å²) >= 11 is 0. The number of ether oxygens (including phenoxy) is 4. The van der Waals surface area contributed by atoms with Gasteiger partial charge in [-0.25, -0.2) is 4.79 Å². The van der Waals surface area contributed by atoms with Crippen LogP contribution in [0.4, 0.5) is 8.78 Å². The highest BCUT2D eigenvalue weighted by atomic mass is 31.2. The molecular weight excluding hydrogens is 1020 g/mol. The number of aliphatic hydroxyl groups excluding tert-OH is 1. The zero-order valence-corrected chi connectivity index (χ0v) is 48.8. The van der Waals surface area contributed by atoms with Gasteiger partial charge in [-0.1, -0.05) is 231 Å². The fourth-order valence-corrected chi connectivity index (χ4v) is 12.4. The highest BCUT2D eigenvalue weighted by molar-refractivity contribution is 7.74. The van der Waals surface area contributed by atoms with Gasteiger partial charge in [-0.2, -0.15) is 8.78 Å². The molecule has 1 aliphatic rings. The van der Waals surface area contributed by atoms with E-state index in [4.69, 9.17) is 23.5 Å². The van der Waals surface area contributed by atoms with Crippen LogP contribution in [-0.4, -0.2) is 89.9 Å². The lowest BCUT2D eigenvalue weighted by Crippen LogP contribution is -2.67. The fraction of sp³-hybridized carbons (Fsp3) is 0.742.